The van der Waals surface area contributed by atoms with Crippen LogP contribution in [0.25, 0.3) is 16.5 Å². The summed E-state index contributed by atoms with van der Waals surface area (Å²) in [5, 5.41) is 5.84. The number of hydrogen-bond donors (Lipinski definition) is 2. The van der Waals surface area contributed by atoms with Crippen molar-refractivity contribution < 1.29 is 9.59 Å². The minimum atomic E-state index is -0.152. The molecule has 0 radical (unpaired) electrons. The summed E-state index contributed by atoms with van der Waals surface area (Å²) in [4.78, 5) is 28.5. The van der Waals surface area contributed by atoms with E-state index in [0.29, 0.717) is 6.54 Å². The van der Waals surface area contributed by atoms with Crippen LogP contribution in [0.15, 0.2) is 72.8 Å². The number of amides is 3. The van der Waals surface area contributed by atoms with E-state index in [1.165, 1.54) is 10.4 Å². The van der Waals surface area contributed by atoms with Crippen LogP contribution in [0.5, 0.6) is 0 Å². The zero-order chi connectivity index (χ0) is 21.5. The van der Waals surface area contributed by atoms with Gasteiger partial charge in [-0.3, -0.25) is 4.79 Å². The standard InChI is InChI=1S/C25H25N3O2S/c29-24(14-12-22-11-13-23(31-22)20-8-2-1-3-9-20)26-18-19-7-6-10-21(17-19)27-25(30)28-15-4-5-16-28/h1-3,6-14,17H,4-5,15-16,18H2,(H,26,29)(H,27,30). The third-order valence-corrected chi connectivity index (χ3v) is 6.22. The lowest BCUT2D eigenvalue weighted by molar-refractivity contribution is -0.116. The van der Waals surface area contributed by atoms with Crippen LogP contribution in [0, 0.1) is 0 Å². The van der Waals surface area contributed by atoms with Gasteiger partial charge in [0.2, 0.25) is 5.91 Å². The number of rotatable bonds is 6. The molecule has 2 N–H and O–H groups in total. The molecule has 4 rings (SSSR count). The van der Waals surface area contributed by atoms with E-state index in [4.69, 9.17) is 0 Å². The molecule has 3 aromatic rings. The van der Waals surface area contributed by atoms with Gasteiger partial charge in [0.25, 0.3) is 0 Å². The fraction of sp³-hybridized carbons (Fsp3) is 0.200. The van der Waals surface area contributed by atoms with Crippen molar-refractivity contribution in [2.75, 3.05) is 18.4 Å². The zero-order valence-electron chi connectivity index (χ0n) is 17.2. The Morgan fingerprint density at radius 3 is 2.58 bits per heavy atom. The predicted molar refractivity (Wildman–Crippen MR) is 127 cm³/mol. The summed E-state index contributed by atoms with van der Waals surface area (Å²) < 4.78 is 0. The average molecular weight is 432 g/mol. The quantitative estimate of drug-likeness (QED) is 0.515. The van der Waals surface area contributed by atoms with Crippen LogP contribution in [0.4, 0.5) is 10.5 Å². The molecule has 0 bridgehead atoms. The predicted octanol–water partition coefficient (Wildman–Crippen LogP) is 5.37. The molecule has 2 aromatic carbocycles. The van der Waals surface area contributed by atoms with Gasteiger partial charge >= 0.3 is 6.03 Å². The SMILES string of the molecule is O=C(C=Cc1ccc(-c2ccccc2)s1)NCc1cccc(NC(=O)N2CCCC2)c1. The first-order chi connectivity index (χ1) is 15.2. The molecule has 6 heteroatoms. The lowest BCUT2D eigenvalue weighted by Gasteiger charge is -2.16. The zero-order valence-corrected chi connectivity index (χ0v) is 18.0. The highest BCUT2D eigenvalue weighted by Crippen LogP contribution is 2.28. The number of thiophene rings is 1. The van der Waals surface area contributed by atoms with Crippen LogP contribution >= 0.6 is 11.3 Å². The first-order valence-electron chi connectivity index (χ1n) is 10.4. The number of anilines is 1. The first-order valence-corrected chi connectivity index (χ1v) is 11.2. The molecule has 158 valence electrons. The van der Waals surface area contributed by atoms with E-state index in [-0.39, 0.29) is 11.9 Å². The smallest absolute Gasteiger partial charge is 0.321 e. The molecule has 1 saturated heterocycles. The van der Waals surface area contributed by atoms with Gasteiger partial charge in [-0.1, -0.05) is 42.5 Å². The number of carbonyl (C=O) groups excluding carboxylic acids is 2. The molecule has 0 atom stereocenters. The molecule has 0 aliphatic carbocycles. The third kappa shape index (κ3) is 5.83. The maximum Gasteiger partial charge on any atom is 0.321 e. The number of carbonyl (C=O) groups is 2. The van der Waals surface area contributed by atoms with Crippen LogP contribution in [0.2, 0.25) is 0 Å². The second-order valence-electron chi connectivity index (χ2n) is 7.44. The fourth-order valence-corrected chi connectivity index (χ4v) is 4.40. The van der Waals surface area contributed by atoms with Crippen molar-refractivity contribution in [1.29, 1.82) is 0 Å². The van der Waals surface area contributed by atoms with Gasteiger partial charge in [-0.15, -0.1) is 11.3 Å². The largest absolute Gasteiger partial charge is 0.348 e. The second kappa shape index (κ2) is 10.1. The second-order valence-corrected chi connectivity index (χ2v) is 8.56. The summed E-state index contributed by atoms with van der Waals surface area (Å²) in [6.07, 6.45) is 5.51. The van der Waals surface area contributed by atoms with E-state index in [0.717, 1.165) is 42.1 Å². The summed E-state index contributed by atoms with van der Waals surface area (Å²) >= 11 is 1.65. The van der Waals surface area contributed by atoms with E-state index >= 15 is 0 Å². The number of benzene rings is 2. The monoisotopic (exact) mass is 431 g/mol. The Morgan fingerprint density at radius 2 is 1.77 bits per heavy atom. The van der Waals surface area contributed by atoms with Crippen LogP contribution in [0.1, 0.15) is 23.3 Å². The van der Waals surface area contributed by atoms with Crippen molar-refractivity contribution >= 4 is 35.0 Å². The summed E-state index contributed by atoms with van der Waals surface area (Å²) in [6, 6.07) is 21.8. The molecular weight excluding hydrogens is 406 g/mol. The van der Waals surface area contributed by atoms with E-state index in [1.807, 2.05) is 59.5 Å². The minimum absolute atomic E-state index is 0.0626. The molecule has 0 saturated carbocycles. The van der Waals surface area contributed by atoms with E-state index in [9.17, 15) is 9.59 Å². The molecule has 1 fully saturated rings. The van der Waals surface area contributed by atoms with Gasteiger partial charge in [-0.25, -0.2) is 4.79 Å². The Balaban J connectivity index is 1.29. The summed E-state index contributed by atoms with van der Waals surface area (Å²) in [7, 11) is 0. The molecule has 1 aromatic heterocycles. The van der Waals surface area contributed by atoms with Gasteiger partial charge in [-0.05, 0) is 54.3 Å². The van der Waals surface area contributed by atoms with E-state index in [1.54, 1.807) is 17.4 Å². The van der Waals surface area contributed by atoms with Crippen molar-refractivity contribution in [3.05, 3.63) is 83.2 Å². The van der Waals surface area contributed by atoms with E-state index in [2.05, 4.69) is 28.8 Å². The van der Waals surface area contributed by atoms with Gasteiger partial charge < -0.3 is 15.5 Å². The Labute approximate surface area is 186 Å². The van der Waals surface area contributed by atoms with Crippen molar-refractivity contribution in [3.63, 3.8) is 0 Å². The summed E-state index contributed by atoms with van der Waals surface area (Å²) in [5.41, 5.74) is 2.85. The average Bonchev–Trinajstić information content (AvgIpc) is 3.50. The highest BCUT2D eigenvalue weighted by Gasteiger charge is 2.17. The van der Waals surface area contributed by atoms with Gasteiger partial charge in [0.1, 0.15) is 0 Å². The minimum Gasteiger partial charge on any atom is -0.348 e. The summed E-state index contributed by atoms with van der Waals surface area (Å²) in [6.45, 7) is 2.02. The van der Waals surface area contributed by atoms with Crippen LogP contribution < -0.4 is 10.6 Å². The van der Waals surface area contributed by atoms with Gasteiger partial charge in [-0.2, -0.15) is 0 Å². The number of likely N-dealkylation sites (tertiary alicyclic amines) is 1. The molecule has 31 heavy (non-hydrogen) atoms. The highest BCUT2D eigenvalue weighted by atomic mass is 32.1. The molecule has 1 aliphatic rings. The lowest BCUT2D eigenvalue weighted by atomic mass is 10.2. The first kappa shape index (κ1) is 20.9. The molecule has 1 aliphatic heterocycles. The molecule has 5 nitrogen and oxygen atoms in total. The van der Waals surface area contributed by atoms with Crippen molar-refractivity contribution in [2.45, 2.75) is 19.4 Å². The molecule has 0 unspecified atom stereocenters. The van der Waals surface area contributed by atoms with E-state index < -0.39 is 0 Å². The highest BCUT2D eigenvalue weighted by molar-refractivity contribution is 7.16. The number of nitrogens with zero attached hydrogens (tertiary/aromatic N) is 1. The summed E-state index contributed by atoms with van der Waals surface area (Å²) in [5.74, 6) is -0.152. The number of nitrogens with one attached hydrogen (secondary N) is 2. The number of urea groups is 1. The van der Waals surface area contributed by atoms with Gasteiger partial charge in [0.15, 0.2) is 0 Å². The Hall–Kier alpha value is -3.38. The Morgan fingerprint density at radius 1 is 0.968 bits per heavy atom. The Kier molecular flexibility index (Phi) is 6.79. The van der Waals surface area contributed by atoms with Crippen LogP contribution in [-0.2, 0) is 11.3 Å². The maximum absolute atomic E-state index is 12.2. The van der Waals surface area contributed by atoms with Gasteiger partial charge in [0, 0.05) is 41.2 Å². The number of hydrogen-bond acceptors (Lipinski definition) is 3. The normalized spacial score (nSPS) is 13.5. The molecule has 0 spiro atoms. The Bertz CT molecular complexity index is 1070. The van der Waals surface area contributed by atoms with Crippen molar-refractivity contribution in [3.8, 4) is 10.4 Å². The van der Waals surface area contributed by atoms with Gasteiger partial charge in [0.05, 0.1) is 0 Å². The lowest BCUT2D eigenvalue weighted by Crippen LogP contribution is -2.32. The third-order valence-electron chi connectivity index (χ3n) is 5.12. The van der Waals surface area contributed by atoms with Crippen LogP contribution in [-0.4, -0.2) is 29.9 Å². The topological polar surface area (TPSA) is 61.4 Å². The van der Waals surface area contributed by atoms with Crippen molar-refractivity contribution in [1.82, 2.24) is 10.2 Å². The fourth-order valence-electron chi connectivity index (χ4n) is 3.49. The maximum atomic E-state index is 12.2. The van der Waals surface area contributed by atoms with Crippen molar-refractivity contribution in [2.24, 2.45) is 0 Å². The van der Waals surface area contributed by atoms with Crippen LogP contribution in [0.3, 0.4) is 0 Å². The molecule has 2 heterocycles. The molecular formula is C25H25N3O2S. The molecule has 3 amide bonds.